The van der Waals surface area contributed by atoms with Crippen molar-refractivity contribution < 1.29 is 13.2 Å². The highest BCUT2D eigenvalue weighted by Crippen LogP contribution is 2.32. The minimum absolute atomic E-state index is 0.0864. The number of fused-ring (bicyclic) bond motifs is 1. The Morgan fingerprint density at radius 2 is 1.97 bits per heavy atom. The summed E-state index contributed by atoms with van der Waals surface area (Å²) in [6.07, 6.45) is -1.69. The van der Waals surface area contributed by atoms with Crippen molar-refractivity contribution in [3.63, 3.8) is 0 Å². The van der Waals surface area contributed by atoms with Crippen LogP contribution in [0.15, 0.2) is 36.8 Å². The molecular weight excluding hydrogens is 464 g/mol. The molecule has 0 amide bonds. The van der Waals surface area contributed by atoms with Crippen LogP contribution in [0.5, 0.6) is 0 Å². The summed E-state index contributed by atoms with van der Waals surface area (Å²) in [5.74, 6) is 0.532. The minimum atomic E-state index is -4.51. The first-order chi connectivity index (χ1) is 15.3. The minimum Gasteiger partial charge on any atom is -0.366 e. The quantitative estimate of drug-likeness (QED) is 0.552. The lowest BCUT2D eigenvalue weighted by Gasteiger charge is -2.31. The fourth-order valence-corrected chi connectivity index (χ4v) is 3.90. The van der Waals surface area contributed by atoms with Crippen LogP contribution in [-0.4, -0.2) is 21.5 Å². The first-order valence-corrected chi connectivity index (χ1v) is 10.2. The molecule has 0 saturated heterocycles. The second kappa shape index (κ2) is 8.81. The van der Waals surface area contributed by atoms with Gasteiger partial charge in [0.05, 0.1) is 39.8 Å². The third-order valence-electron chi connectivity index (χ3n) is 5.09. The second-order valence-electron chi connectivity index (χ2n) is 7.10. The molecule has 3 heterocycles. The predicted molar refractivity (Wildman–Crippen MR) is 115 cm³/mol. The molecule has 4 rings (SSSR count). The van der Waals surface area contributed by atoms with Gasteiger partial charge in [0.2, 0.25) is 0 Å². The Labute approximate surface area is 191 Å². The number of rotatable bonds is 4. The summed E-state index contributed by atoms with van der Waals surface area (Å²) in [4.78, 5) is 14.5. The van der Waals surface area contributed by atoms with Crippen LogP contribution in [0.1, 0.15) is 28.1 Å². The number of nitrogens with one attached hydrogen (secondary N) is 1. The predicted octanol–water partition coefficient (Wildman–Crippen LogP) is 5.24. The van der Waals surface area contributed by atoms with Crippen molar-refractivity contribution in [2.24, 2.45) is 0 Å². The van der Waals surface area contributed by atoms with Crippen molar-refractivity contribution >= 4 is 34.7 Å². The number of hydrogen-bond acceptors (Lipinski definition) is 6. The number of halogens is 5. The Balaban J connectivity index is 1.56. The van der Waals surface area contributed by atoms with Gasteiger partial charge in [0.15, 0.2) is 0 Å². The average Bonchev–Trinajstić information content (AvgIpc) is 2.77. The molecule has 1 aliphatic rings. The van der Waals surface area contributed by atoms with E-state index < -0.39 is 11.7 Å². The zero-order valence-corrected chi connectivity index (χ0v) is 17.9. The van der Waals surface area contributed by atoms with E-state index >= 15 is 0 Å². The van der Waals surface area contributed by atoms with Gasteiger partial charge in [-0.25, -0.2) is 9.97 Å². The molecule has 0 aliphatic carbocycles. The largest absolute Gasteiger partial charge is 0.417 e. The highest BCUT2D eigenvalue weighted by molar-refractivity contribution is 6.31. The smallest absolute Gasteiger partial charge is 0.366 e. The zero-order valence-electron chi connectivity index (χ0n) is 16.4. The van der Waals surface area contributed by atoms with E-state index in [1.807, 2.05) is 4.90 Å². The number of pyridine rings is 1. The van der Waals surface area contributed by atoms with Crippen LogP contribution < -0.4 is 10.2 Å². The van der Waals surface area contributed by atoms with Crippen molar-refractivity contribution in [2.45, 2.75) is 25.7 Å². The Hall–Kier alpha value is -3.09. The molecule has 0 radical (unpaired) electrons. The standard InChI is InChI=1S/C21H15Cl2F3N6/c22-14-1-2-19(12(5-14)7-27)32-4-3-17-15(10-32)20(31-11-30-17)29-9-18-16(23)6-13(8-28-18)21(24,25)26/h1-2,5-6,8,11H,3-4,9-10H2,(H,29,30,31). The van der Waals surface area contributed by atoms with Gasteiger partial charge in [-0.3, -0.25) is 4.98 Å². The molecule has 6 nitrogen and oxygen atoms in total. The maximum atomic E-state index is 12.8. The van der Waals surface area contributed by atoms with Crippen molar-refractivity contribution in [3.05, 3.63) is 74.9 Å². The van der Waals surface area contributed by atoms with Crippen molar-refractivity contribution in [1.29, 1.82) is 5.26 Å². The van der Waals surface area contributed by atoms with Gasteiger partial charge in [0, 0.05) is 36.3 Å². The molecule has 0 spiro atoms. The summed E-state index contributed by atoms with van der Waals surface area (Å²) in [5.41, 5.74) is 2.28. The van der Waals surface area contributed by atoms with Crippen LogP contribution in [0.25, 0.3) is 0 Å². The monoisotopic (exact) mass is 478 g/mol. The van der Waals surface area contributed by atoms with E-state index in [9.17, 15) is 18.4 Å². The molecule has 0 bridgehead atoms. The van der Waals surface area contributed by atoms with Gasteiger partial charge in [0.25, 0.3) is 0 Å². The number of nitriles is 1. The Bertz CT molecular complexity index is 1210. The molecular formula is C21H15Cl2F3N6. The van der Waals surface area contributed by atoms with Gasteiger partial charge in [-0.05, 0) is 24.3 Å². The molecule has 2 aromatic heterocycles. The van der Waals surface area contributed by atoms with E-state index in [4.69, 9.17) is 23.2 Å². The van der Waals surface area contributed by atoms with Gasteiger partial charge in [-0.1, -0.05) is 23.2 Å². The summed E-state index contributed by atoms with van der Waals surface area (Å²) in [6.45, 7) is 1.19. The molecule has 0 fully saturated rings. The lowest BCUT2D eigenvalue weighted by molar-refractivity contribution is -0.137. The number of anilines is 2. The summed E-state index contributed by atoms with van der Waals surface area (Å²) in [5, 5.41) is 13.0. The Morgan fingerprint density at radius 1 is 1.16 bits per heavy atom. The van der Waals surface area contributed by atoms with Crippen LogP contribution in [0.3, 0.4) is 0 Å². The molecule has 164 valence electrons. The fraction of sp³-hybridized carbons (Fsp3) is 0.238. The number of nitrogens with zero attached hydrogens (tertiary/aromatic N) is 5. The summed E-state index contributed by atoms with van der Waals surface area (Å²) in [6, 6.07) is 8.16. The molecule has 3 aromatic rings. The Morgan fingerprint density at radius 3 is 2.69 bits per heavy atom. The second-order valence-corrected chi connectivity index (χ2v) is 7.94. The van der Waals surface area contributed by atoms with Crippen molar-refractivity contribution in [2.75, 3.05) is 16.8 Å². The van der Waals surface area contributed by atoms with E-state index in [1.165, 1.54) is 6.33 Å². The highest BCUT2D eigenvalue weighted by Gasteiger charge is 2.31. The maximum Gasteiger partial charge on any atom is 0.417 e. The van der Waals surface area contributed by atoms with E-state index in [2.05, 4.69) is 26.3 Å². The normalized spacial score (nSPS) is 13.4. The highest BCUT2D eigenvalue weighted by atomic mass is 35.5. The lowest BCUT2D eigenvalue weighted by atomic mass is 10.0. The summed E-state index contributed by atoms with van der Waals surface area (Å²) >= 11 is 12.0. The van der Waals surface area contributed by atoms with Gasteiger partial charge in [0.1, 0.15) is 18.2 Å². The van der Waals surface area contributed by atoms with Crippen LogP contribution >= 0.6 is 23.2 Å². The number of aromatic nitrogens is 3. The van der Waals surface area contributed by atoms with E-state index in [0.717, 1.165) is 29.2 Å². The third-order valence-corrected chi connectivity index (χ3v) is 5.65. The van der Waals surface area contributed by atoms with Crippen molar-refractivity contribution in [1.82, 2.24) is 15.0 Å². The molecule has 1 N–H and O–H groups in total. The molecule has 32 heavy (non-hydrogen) atoms. The van der Waals surface area contributed by atoms with Crippen LogP contribution in [0, 0.1) is 11.3 Å². The van der Waals surface area contributed by atoms with E-state index in [0.29, 0.717) is 35.9 Å². The molecule has 0 saturated carbocycles. The van der Waals surface area contributed by atoms with E-state index in [-0.39, 0.29) is 17.3 Å². The molecule has 1 aliphatic heterocycles. The lowest BCUT2D eigenvalue weighted by Crippen LogP contribution is -2.32. The zero-order chi connectivity index (χ0) is 22.9. The van der Waals surface area contributed by atoms with Gasteiger partial charge < -0.3 is 10.2 Å². The summed E-state index contributed by atoms with van der Waals surface area (Å²) < 4.78 is 38.5. The van der Waals surface area contributed by atoms with Gasteiger partial charge in [-0.2, -0.15) is 18.4 Å². The van der Waals surface area contributed by atoms with Crippen LogP contribution in [0.2, 0.25) is 10.0 Å². The molecule has 1 aromatic carbocycles. The first kappa shape index (κ1) is 22.1. The van der Waals surface area contributed by atoms with Crippen LogP contribution in [-0.2, 0) is 25.7 Å². The molecule has 0 atom stereocenters. The fourth-order valence-electron chi connectivity index (χ4n) is 3.49. The molecule has 0 unspecified atom stereocenters. The maximum absolute atomic E-state index is 12.8. The molecule has 11 heteroatoms. The third kappa shape index (κ3) is 4.56. The SMILES string of the molecule is N#Cc1cc(Cl)ccc1N1CCc2ncnc(NCc3ncc(C(F)(F)F)cc3Cl)c2C1. The van der Waals surface area contributed by atoms with Gasteiger partial charge >= 0.3 is 6.18 Å². The topological polar surface area (TPSA) is 77.7 Å². The van der Waals surface area contributed by atoms with E-state index in [1.54, 1.807) is 18.2 Å². The number of alkyl halides is 3. The number of benzene rings is 1. The van der Waals surface area contributed by atoms with Crippen LogP contribution in [0.4, 0.5) is 24.7 Å². The van der Waals surface area contributed by atoms with Crippen molar-refractivity contribution in [3.8, 4) is 6.07 Å². The summed E-state index contributed by atoms with van der Waals surface area (Å²) in [7, 11) is 0. The van der Waals surface area contributed by atoms with Gasteiger partial charge in [-0.15, -0.1) is 0 Å². The average molecular weight is 479 g/mol. The number of hydrogen-bond donors (Lipinski definition) is 1. The Kier molecular flexibility index (Phi) is 6.09. The first-order valence-electron chi connectivity index (χ1n) is 9.49.